The highest BCUT2D eigenvalue weighted by atomic mass is 35.5. The molecule has 20 heavy (non-hydrogen) atoms. The lowest BCUT2D eigenvalue weighted by Gasteiger charge is -2.33. The lowest BCUT2D eigenvalue weighted by molar-refractivity contribution is 0.127. The smallest absolute Gasteiger partial charge is 0.410 e. The summed E-state index contributed by atoms with van der Waals surface area (Å²) < 4.78 is 32.1. The van der Waals surface area contributed by atoms with Crippen LogP contribution in [0.25, 0.3) is 0 Å². The first-order valence-electron chi connectivity index (χ1n) is 5.92. The highest BCUT2D eigenvalue weighted by Gasteiger charge is 2.36. The molecule has 0 saturated carbocycles. The minimum Gasteiger partial charge on any atom is -0.448 e. The molecule has 0 unspecified atom stereocenters. The van der Waals surface area contributed by atoms with E-state index in [1.165, 1.54) is 17.0 Å². The van der Waals surface area contributed by atoms with Crippen molar-refractivity contribution in [2.24, 2.45) is 0 Å². The second kappa shape index (κ2) is 5.51. The minimum absolute atomic E-state index is 0.0972. The summed E-state index contributed by atoms with van der Waals surface area (Å²) in [7, 11) is -3.61. The summed E-state index contributed by atoms with van der Waals surface area (Å²) in [6.45, 7) is 4.45. The first kappa shape index (κ1) is 15.6. The van der Waals surface area contributed by atoms with Gasteiger partial charge in [0, 0.05) is 6.54 Å². The van der Waals surface area contributed by atoms with Gasteiger partial charge in [-0.05, 0) is 26.0 Å². The van der Waals surface area contributed by atoms with Crippen LogP contribution in [0.5, 0.6) is 0 Å². The second-order valence-electron chi connectivity index (χ2n) is 4.96. The van der Waals surface area contributed by atoms with Gasteiger partial charge in [-0.1, -0.05) is 11.6 Å². The van der Waals surface area contributed by atoms with E-state index in [0.29, 0.717) is 17.5 Å². The molecule has 1 aromatic heterocycles. The summed E-state index contributed by atoms with van der Waals surface area (Å²) in [6, 6.07) is 2.98. The Labute approximate surface area is 126 Å². The second-order valence-corrected chi connectivity index (χ2v) is 8.67. The largest absolute Gasteiger partial charge is 0.448 e. The predicted molar refractivity (Wildman–Crippen MR) is 76.7 cm³/mol. The average Bonchev–Trinajstić information content (AvgIpc) is 2.96. The van der Waals surface area contributed by atoms with Crippen molar-refractivity contribution in [2.45, 2.75) is 23.6 Å². The highest BCUT2D eigenvalue weighted by molar-refractivity contribution is 7.91. The van der Waals surface area contributed by atoms with E-state index >= 15 is 0 Å². The van der Waals surface area contributed by atoms with E-state index in [-0.39, 0.29) is 10.8 Å². The van der Waals surface area contributed by atoms with Crippen LogP contribution in [0, 0.1) is 0 Å². The van der Waals surface area contributed by atoms with Gasteiger partial charge in [0.25, 0.3) is 0 Å². The molecule has 6 nitrogen and oxygen atoms in total. The zero-order valence-electron chi connectivity index (χ0n) is 11.1. The molecule has 1 amide bonds. The fourth-order valence-corrected chi connectivity index (χ4v) is 4.56. The van der Waals surface area contributed by atoms with Crippen LogP contribution in [0.3, 0.4) is 0 Å². The van der Waals surface area contributed by atoms with Crippen molar-refractivity contribution < 1.29 is 17.9 Å². The summed E-state index contributed by atoms with van der Waals surface area (Å²) in [5.74, 6) is 0. The van der Waals surface area contributed by atoms with E-state index in [1.54, 1.807) is 13.8 Å². The number of thiophene rings is 1. The molecule has 0 atom stereocenters. The van der Waals surface area contributed by atoms with E-state index < -0.39 is 21.7 Å². The molecule has 0 radical (unpaired) electrons. The van der Waals surface area contributed by atoms with Crippen molar-refractivity contribution in [1.29, 1.82) is 0 Å². The summed E-state index contributed by atoms with van der Waals surface area (Å²) in [4.78, 5) is 13.0. The van der Waals surface area contributed by atoms with Crippen molar-refractivity contribution in [3.05, 3.63) is 16.5 Å². The number of nitrogens with one attached hydrogen (secondary N) is 1. The molecule has 0 aromatic carbocycles. The summed E-state index contributed by atoms with van der Waals surface area (Å²) in [5, 5.41) is 0. The number of carbonyl (C=O) groups is 1. The van der Waals surface area contributed by atoms with Crippen LogP contribution < -0.4 is 4.72 Å². The summed E-state index contributed by atoms with van der Waals surface area (Å²) in [5.41, 5.74) is -0.665. The Morgan fingerprint density at radius 1 is 1.50 bits per heavy atom. The molecule has 1 aliphatic heterocycles. The number of rotatable bonds is 5. The van der Waals surface area contributed by atoms with Crippen LogP contribution in [-0.4, -0.2) is 44.6 Å². The van der Waals surface area contributed by atoms with Gasteiger partial charge >= 0.3 is 6.09 Å². The molecule has 0 bridgehead atoms. The van der Waals surface area contributed by atoms with Crippen molar-refractivity contribution in [1.82, 2.24) is 9.62 Å². The molecule has 9 heteroatoms. The van der Waals surface area contributed by atoms with E-state index in [2.05, 4.69) is 4.72 Å². The Bertz CT molecular complexity index is 612. The van der Waals surface area contributed by atoms with Crippen LogP contribution in [0.1, 0.15) is 13.8 Å². The van der Waals surface area contributed by atoms with Gasteiger partial charge in [-0.25, -0.2) is 17.9 Å². The standard InChI is InChI=1S/C11H15ClN2O4S2/c1-11(2,14-5-6-18-10(14)15)7-13-20(16,17)9-4-3-8(12)19-9/h3-4,13H,5-7H2,1-2H3. The fourth-order valence-electron chi connectivity index (χ4n) is 1.82. The quantitative estimate of drug-likeness (QED) is 0.889. The molecular formula is C11H15ClN2O4S2. The Morgan fingerprint density at radius 2 is 2.20 bits per heavy atom. The first-order chi connectivity index (χ1) is 9.22. The van der Waals surface area contributed by atoms with Gasteiger partial charge in [0.1, 0.15) is 10.8 Å². The zero-order chi connectivity index (χ0) is 15.0. The number of sulfonamides is 1. The van der Waals surface area contributed by atoms with Gasteiger partial charge in [-0.3, -0.25) is 4.90 Å². The molecule has 1 fully saturated rings. The molecule has 1 aliphatic rings. The van der Waals surface area contributed by atoms with E-state index in [4.69, 9.17) is 16.3 Å². The topological polar surface area (TPSA) is 75.7 Å². The third-order valence-electron chi connectivity index (χ3n) is 3.00. The van der Waals surface area contributed by atoms with Gasteiger partial charge in [-0.2, -0.15) is 0 Å². The Balaban J connectivity index is 2.05. The molecule has 0 spiro atoms. The third kappa shape index (κ3) is 3.25. The van der Waals surface area contributed by atoms with Crippen molar-refractivity contribution in [3.8, 4) is 0 Å². The number of hydrogen-bond donors (Lipinski definition) is 1. The average molecular weight is 339 g/mol. The van der Waals surface area contributed by atoms with Crippen LogP contribution in [0.15, 0.2) is 16.3 Å². The van der Waals surface area contributed by atoms with Gasteiger partial charge in [0.15, 0.2) is 0 Å². The molecule has 2 heterocycles. The summed E-state index contributed by atoms with van der Waals surface area (Å²) in [6.07, 6.45) is -0.423. The fraction of sp³-hybridized carbons (Fsp3) is 0.545. The molecule has 0 aliphatic carbocycles. The number of ether oxygens (including phenoxy) is 1. The maximum atomic E-state index is 12.1. The third-order valence-corrected chi connectivity index (χ3v) is 6.12. The molecule has 112 valence electrons. The molecule has 1 N–H and O–H groups in total. The van der Waals surface area contributed by atoms with Crippen molar-refractivity contribution >= 4 is 39.1 Å². The van der Waals surface area contributed by atoms with Crippen LogP contribution in [0.4, 0.5) is 4.79 Å². The maximum Gasteiger partial charge on any atom is 0.410 e. The molecule has 2 rings (SSSR count). The van der Waals surface area contributed by atoms with Crippen LogP contribution in [0.2, 0.25) is 4.34 Å². The van der Waals surface area contributed by atoms with Gasteiger partial charge < -0.3 is 4.74 Å². The van der Waals surface area contributed by atoms with Crippen LogP contribution >= 0.6 is 22.9 Å². The van der Waals surface area contributed by atoms with Gasteiger partial charge in [0.05, 0.1) is 16.4 Å². The van der Waals surface area contributed by atoms with Gasteiger partial charge in [0.2, 0.25) is 10.0 Å². The summed E-state index contributed by atoms with van der Waals surface area (Å²) >= 11 is 6.72. The Hall–Kier alpha value is -0.830. The molecule has 1 aromatic rings. The van der Waals surface area contributed by atoms with E-state index in [9.17, 15) is 13.2 Å². The zero-order valence-corrected chi connectivity index (χ0v) is 13.4. The Kier molecular flexibility index (Phi) is 4.29. The van der Waals surface area contributed by atoms with Crippen LogP contribution in [-0.2, 0) is 14.8 Å². The van der Waals surface area contributed by atoms with E-state index in [1.807, 2.05) is 0 Å². The number of hydrogen-bond acceptors (Lipinski definition) is 5. The van der Waals surface area contributed by atoms with Crippen molar-refractivity contribution in [2.75, 3.05) is 19.7 Å². The highest BCUT2D eigenvalue weighted by Crippen LogP contribution is 2.26. The molecular weight excluding hydrogens is 324 g/mol. The molecule has 1 saturated heterocycles. The Morgan fingerprint density at radius 3 is 2.70 bits per heavy atom. The monoisotopic (exact) mass is 338 g/mol. The first-order valence-corrected chi connectivity index (χ1v) is 8.59. The lowest BCUT2D eigenvalue weighted by Crippen LogP contribution is -2.52. The number of halogens is 1. The van der Waals surface area contributed by atoms with Crippen molar-refractivity contribution in [3.63, 3.8) is 0 Å². The SMILES string of the molecule is CC(C)(CNS(=O)(=O)c1ccc(Cl)s1)N1CCOC1=O. The normalized spacial score (nSPS) is 16.6. The number of carbonyl (C=O) groups excluding carboxylic acids is 1. The number of amides is 1. The van der Waals surface area contributed by atoms with Gasteiger partial charge in [-0.15, -0.1) is 11.3 Å². The van der Waals surface area contributed by atoms with E-state index in [0.717, 1.165) is 11.3 Å². The number of cyclic esters (lactones) is 1. The lowest BCUT2D eigenvalue weighted by atomic mass is 10.0. The minimum atomic E-state index is -3.61. The number of nitrogens with zero attached hydrogens (tertiary/aromatic N) is 1. The maximum absolute atomic E-state index is 12.1. The predicted octanol–water partition coefficient (Wildman–Crippen LogP) is 1.91.